The molecule has 0 aliphatic carbocycles. The van der Waals surface area contributed by atoms with E-state index in [1.54, 1.807) is 7.11 Å². The molecule has 0 spiro atoms. The van der Waals surface area contributed by atoms with E-state index < -0.39 is 0 Å². The average Bonchev–Trinajstić information content (AvgIpc) is 2.48. The van der Waals surface area contributed by atoms with E-state index in [1.807, 2.05) is 24.3 Å². The van der Waals surface area contributed by atoms with Crippen molar-refractivity contribution < 1.29 is 9.47 Å². The van der Waals surface area contributed by atoms with Crippen molar-refractivity contribution in [1.82, 2.24) is 0 Å². The summed E-state index contributed by atoms with van der Waals surface area (Å²) >= 11 is 3.48. The van der Waals surface area contributed by atoms with Gasteiger partial charge in [-0.05, 0) is 35.4 Å². The molecule has 2 atom stereocenters. The minimum atomic E-state index is -0.0117. The normalized spacial score (nSPS) is 20.7. The van der Waals surface area contributed by atoms with Crippen molar-refractivity contribution in [2.24, 2.45) is 5.73 Å². The number of halogens is 1. The van der Waals surface area contributed by atoms with Gasteiger partial charge >= 0.3 is 0 Å². The molecular formula is C17H18BrNO2. The number of nitrogens with two attached hydrogens (primary N) is 1. The molecule has 4 heteroatoms. The molecule has 2 aromatic carbocycles. The van der Waals surface area contributed by atoms with E-state index >= 15 is 0 Å². The van der Waals surface area contributed by atoms with Gasteiger partial charge in [0.1, 0.15) is 11.9 Å². The van der Waals surface area contributed by atoms with Crippen LogP contribution in [0.25, 0.3) is 0 Å². The highest BCUT2D eigenvalue weighted by Crippen LogP contribution is 2.40. The molecule has 1 heterocycles. The molecule has 21 heavy (non-hydrogen) atoms. The minimum absolute atomic E-state index is 0.00881. The Kier molecular flexibility index (Phi) is 4.29. The third kappa shape index (κ3) is 3.12. The molecule has 2 unspecified atom stereocenters. The predicted molar refractivity (Wildman–Crippen MR) is 86.2 cm³/mol. The van der Waals surface area contributed by atoms with Gasteiger partial charge in [0.05, 0.1) is 6.61 Å². The SMILES string of the molecule is COCc1cccc(C2CC(N)c3cc(Br)ccc3O2)c1. The highest BCUT2D eigenvalue weighted by molar-refractivity contribution is 9.10. The summed E-state index contributed by atoms with van der Waals surface area (Å²) in [5.41, 5.74) is 9.67. The molecule has 0 saturated carbocycles. The van der Waals surface area contributed by atoms with Gasteiger partial charge in [0.25, 0.3) is 0 Å². The van der Waals surface area contributed by atoms with Crippen molar-refractivity contribution in [2.75, 3.05) is 7.11 Å². The average molecular weight is 348 g/mol. The van der Waals surface area contributed by atoms with E-state index in [1.165, 1.54) is 0 Å². The third-order valence-electron chi connectivity index (χ3n) is 3.74. The van der Waals surface area contributed by atoms with Crippen LogP contribution in [0.5, 0.6) is 5.75 Å². The summed E-state index contributed by atoms with van der Waals surface area (Å²) in [5, 5.41) is 0. The highest BCUT2D eigenvalue weighted by Gasteiger charge is 2.27. The van der Waals surface area contributed by atoms with Crippen LogP contribution in [0.15, 0.2) is 46.9 Å². The molecule has 110 valence electrons. The van der Waals surface area contributed by atoms with Crippen LogP contribution >= 0.6 is 15.9 Å². The molecule has 0 aromatic heterocycles. The number of rotatable bonds is 3. The fourth-order valence-electron chi connectivity index (χ4n) is 2.73. The van der Waals surface area contributed by atoms with Crippen LogP contribution in [-0.4, -0.2) is 7.11 Å². The van der Waals surface area contributed by atoms with Crippen LogP contribution in [0, 0.1) is 0 Å². The Hall–Kier alpha value is -1.36. The molecule has 2 N–H and O–H groups in total. The van der Waals surface area contributed by atoms with Gasteiger partial charge in [-0.2, -0.15) is 0 Å². The maximum absolute atomic E-state index is 6.31. The minimum Gasteiger partial charge on any atom is -0.485 e. The molecule has 0 radical (unpaired) electrons. The molecule has 2 aromatic rings. The number of methoxy groups -OCH3 is 1. The third-order valence-corrected chi connectivity index (χ3v) is 4.24. The summed E-state index contributed by atoms with van der Waals surface area (Å²) in [4.78, 5) is 0. The monoisotopic (exact) mass is 347 g/mol. The van der Waals surface area contributed by atoms with E-state index in [9.17, 15) is 0 Å². The van der Waals surface area contributed by atoms with E-state index in [0.29, 0.717) is 6.61 Å². The molecular weight excluding hydrogens is 330 g/mol. The summed E-state index contributed by atoms with van der Waals surface area (Å²) in [6.45, 7) is 0.607. The Morgan fingerprint density at radius 3 is 2.95 bits per heavy atom. The van der Waals surface area contributed by atoms with Gasteiger partial charge in [-0.25, -0.2) is 0 Å². The van der Waals surface area contributed by atoms with Crippen LogP contribution in [0.2, 0.25) is 0 Å². The lowest BCUT2D eigenvalue weighted by atomic mass is 9.93. The van der Waals surface area contributed by atoms with Gasteiger partial charge in [-0.15, -0.1) is 0 Å². The lowest BCUT2D eigenvalue weighted by molar-refractivity contribution is 0.160. The smallest absolute Gasteiger partial charge is 0.126 e. The maximum atomic E-state index is 6.31. The van der Waals surface area contributed by atoms with Crippen molar-refractivity contribution in [3.8, 4) is 5.75 Å². The highest BCUT2D eigenvalue weighted by atomic mass is 79.9. The van der Waals surface area contributed by atoms with Gasteiger partial charge in [-0.1, -0.05) is 34.1 Å². The van der Waals surface area contributed by atoms with Gasteiger partial charge in [0.15, 0.2) is 0 Å². The maximum Gasteiger partial charge on any atom is 0.126 e. The lowest BCUT2D eigenvalue weighted by Crippen LogP contribution is -2.24. The van der Waals surface area contributed by atoms with E-state index in [4.69, 9.17) is 15.2 Å². The largest absolute Gasteiger partial charge is 0.485 e. The predicted octanol–water partition coefficient (Wildman–Crippen LogP) is 4.12. The number of hydrogen-bond donors (Lipinski definition) is 1. The molecule has 1 aliphatic heterocycles. The van der Waals surface area contributed by atoms with Crippen LogP contribution in [-0.2, 0) is 11.3 Å². The molecule has 0 bridgehead atoms. The van der Waals surface area contributed by atoms with Gasteiger partial charge in [-0.3, -0.25) is 0 Å². The van der Waals surface area contributed by atoms with Crippen LogP contribution in [0.1, 0.15) is 35.3 Å². The Morgan fingerprint density at radius 1 is 1.29 bits per heavy atom. The quantitative estimate of drug-likeness (QED) is 0.908. The van der Waals surface area contributed by atoms with E-state index in [2.05, 4.69) is 34.1 Å². The molecule has 3 rings (SSSR count). The molecule has 3 nitrogen and oxygen atoms in total. The van der Waals surface area contributed by atoms with E-state index in [0.717, 1.165) is 33.3 Å². The summed E-state index contributed by atoms with van der Waals surface area (Å²) in [5.74, 6) is 0.874. The van der Waals surface area contributed by atoms with Gasteiger partial charge < -0.3 is 15.2 Å². The summed E-state index contributed by atoms with van der Waals surface area (Å²) in [6.07, 6.45) is 0.769. The van der Waals surface area contributed by atoms with Crippen molar-refractivity contribution >= 4 is 15.9 Å². The first-order chi connectivity index (χ1) is 10.2. The molecule has 0 saturated heterocycles. The summed E-state index contributed by atoms with van der Waals surface area (Å²) < 4.78 is 12.4. The second kappa shape index (κ2) is 6.18. The first-order valence-electron chi connectivity index (χ1n) is 6.97. The Morgan fingerprint density at radius 2 is 2.14 bits per heavy atom. The van der Waals surface area contributed by atoms with Gasteiger partial charge in [0.2, 0.25) is 0 Å². The van der Waals surface area contributed by atoms with E-state index in [-0.39, 0.29) is 12.1 Å². The zero-order chi connectivity index (χ0) is 14.8. The standard InChI is InChI=1S/C17H18BrNO2/c1-20-10-11-3-2-4-12(7-11)17-9-15(19)14-8-13(18)5-6-16(14)21-17/h2-8,15,17H,9-10,19H2,1H3. The van der Waals surface area contributed by atoms with Crippen molar-refractivity contribution in [1.29, 1.82) is 0 Å². The lowest BCUT2D eigenvalue weighted by Gasteiger charge is -2.31. The van der Waals surface area contributed by atoms with Crippen molar-refractivity contribution in [2.45, 2.75) is 25.2 Å². The Labute approximate surface area is 133 Å². The number of hydrogen-bond acceptors (Lipinski definition) is 3. The zero-order valence-corrected chi connectivity index (χ0v) is 13.5. The van der Waals surface area contributed by atoms with Crippen molar-refractivity contribution in [3.05, 3.63) is 63.6 Å². The molecule has 1 aliphatic rings. The van der Waals surface area contributed by atoms with Crippen LogP contribution in [0.3, 0.4) is 0 Å². The Bertz CT molecular complexity index is 644. The fraction of sp³-hybridized carbons (Fsp3) is 0.294. The first kappa shape index (κ1) is 14.6. The van der Waals surface area contributed by atoms with Crippen LogP contribution < -0.4 is 10.5 Å². The Balaban J connectivity index is 1.88. The molecule has 0 amide bonds. The fourth-order valence-corrected chi connectivity index (χ4v) is 3.11. The summed E-state index contributed by atoms with van der Waals surface area (Å²) in [6, 6.07) is 14.3. The number of benzene rings is 2. The van der Waals surface area contributed by atoms with Gasteiger partial charge in [0, 0.05) is 29.6 Å². The summed E-state index contributed by atoms with van der Waals surface area (Å²) in [7, 11) is 1.70. The van der Waals surface area contributed by atoms with Crippen molar-refractivity contribution in [3.63, 3.8) is 0 Å². The number of ether oxygens (including phenoxy) is 2. The van der Waals surface area contributed by atoms with Crippen LogP contribution in [0.4, 0.5) is 0 Å². The second-order valence-electron chi connectivity index (χ2n) is 5.31. The molecule has 0 fully saturated rings. The second-order valence-corrected chi connectivity index (χ2v) is 6.22. The first-order valence-corrected chi connectivity index (χ1v) is 7.76. The zero-order valence-electron chi connectivity index (χ0n) is 11.9. The topological polar surface area (TPSA) is 44.5 Å². The number of fused-ring (bicyclic) bond motifs is 1.